The molecule has 1 unspecified atom stereocenters. The number of nitrogens with one attached hydrogen (secondary N) is 1. The number of carbonyl (C=O) groups is 2. The molecule has 0 saturated heterocycles. The standard InChI is InChI=1S/C11H13NO5/c13-10(14)6-9(11(15)16)12-17-7-8-4-2-1-3-5-8/h1-5,9,12H,6-7H2,(H,13,14)(H,15,16). The van der Waals surface area contributed by atoms with Gasteiger partial charge in [-0.05, 0) is 5.56 Å². The predicted molar refractivity (Wildman–Crippen MR) is 58.0 cm³/mol. The second kappa shape index (κ2) is 6.62. The summed E-state index contributed by atoms with van der Waals surface area (Å²) in [5, 5.41) is 17.2. The van der Waals surface area contributed by atoms with Crippen molar-refractivity contribution in [2.75, 3.05) is 0 Å². The van der Waals surface area contributed by atoms with Crippen molar-refractivity contribution in [3.63, 3.8) is 0 Å². The zero-order valence-corrected chi connectivity index (χ0v) is 9.00. The van der Waals surface area contributed by atoms with E-state index in [0.717, 1.165) is 5.56 Å². The molecule has 6 heteroatoms. The van der Waals surface area contributed by atoms with Gasteiger partial charge in [0.1, 0.15) is 6.04 Å². The summed E-state index contributed by atoms with van der Waals surface area (Å²) in [6.07, 6.45) is -0.538. The summed E-state index contributed by atoms with van der Waals surface area (Å²) in [6.45, 7) is 0.171. The van der Waals surface area contributed by atoms with Gasteiger partial charge in [-0.3, -0.25) is 14.4 Å². The smallest absolute Gasteiger partial charge is 0.323 e. The molecule has 0 aliphatic rings. The summed E-state index contributed by atoms with van der Waals surface area (Å²) in [7, 11) is 0. The first kappa shape index (κ1) is 13.1. The number of hydroxylamine groups is 1. The SMILES string of the molecule is O=C(O)CC(NOCc1ccccc1)C(=O)O. The molecule has 1 aromatic carbocycles. The maximum atomic E-state index is 10.7. The Morgan fingerprint density at radius 3 is 2.41 bits per heavy atom. The lowest BCUT2D eigenvalue weighted by Gasteiger charge is -2.12. The average molecular weight is 239 g/mol. The minimum atomic E-state index is -1.26. The molecule has 0 aromatic heterocycles. The highest BCUT2D eigenvalue weighted by molar-refractivity contribution is 5.80. The maximum Gasteiger partial charge on any atom is 0.323 e. The molecule has 0 radical (unpaired) electrons. The van der Waals surface area contributed by atoms with Gasteiger partial charge in [0.05, 0.1) is 13.0 Å². The molecular weight excluding hydrogens is 226 g/mol. The van der Waals surface area contributed by atoms with Crippen LogP contribution < -0.4 is 5.48 Å². The number of hydrogen-bond donors (Lipinski definition) is 3. The molecule has 0 bridgehead atoms. The molecule has 0 aliphatic carbocycles. The Balaban J connectivity index is 2.37. The van der Waals surface area contributed by atoms with Crippen molar-refractivity contribution in [3.8, 4) is 0 Å². The number of aliphatic carboxylic acids is 2. The van der Waals surface area contributed by atoms with Crippen molar-refractivity contribution in [1.29, 1.82) is 0 Å². The van der Waals surface area contributed by atoms with Gasteiger partial charge in [-0.15, -0.1) is 0 Å². The highest BCUT2D eigenvalue weighted by atomic mass is 16.6. The van der Waals surface area contributed by atoms with Crippen molar-refractivity contribution in [3.05, 3.63) is 35.9 Å². The minimum Gasteiger partial charge on any atom is -0.481 e. The van der Waals surface area contributed by atoms with Crippen LogP contribution in [0.2, 0.25) is 0 Å². The summed E-state index contributed by atoms with van der Waals surface area (Å²) in [5.41, 5.74) is 3.08. The molecule has 92 valence electrons. The molecule has 0 fully saturated rings. The number of rotatable bonds is 7. The van der Waals surface area contributed by atoms with Gasteiger partial charge in [-0.1, -0.05) is 30.3 Å². The fourth-order valence-electron chi connectivity index (χ4n) is 1.15. The fraction of sp³-hybridized carbons (Fsp3) is 0.273. The van der Waals surface area contributed by atoms with Crippen LogP contribution in [0, 0.1) is 0 Å². The van der Waals surface area contributed by atoms with Crippen molar-refractivity contribution >= 4 is 11.9 Å². The molecule has 3 N–H and O–H groups in total. The third-order valence-corrected chi connectivity index (χ3v) is 1.98. The summed E-state index contributed by atoms with van der Waals surface area (Å²) in [4.78, 5) is 26.0. The van der Waals surface area contributed by atoms with Gasteiger partial charge in [-0.25, -0.2) is 0 Å². The lowest BCUT2D eigenvalue weighted by Crippen LogP contribution is -2.38. The van der Waals surface area contributed by atoms with Gasteiger partial charge < -0.3 is 10.2 Å². The highest BCUT2D eigenvalue weighted by Crippen LogP contribution is 2.00. The fourth-order valence-corrected chi connectivity index (χ4v) is 1.15. The van der Waals surface area contributed by atoms with E-state index in [9.17, 15) is 9.59 Å². The van der Waals surface area contributed by atoms with E-state index in [0.29, 0.717) is 0 Å². The Bertz CT molecular complexity index is 379. The van der Waals surface area contributed by atoms with Gasteiger partial charge in [0.15, 0.2) is 0 Å². The van der Waals surface area contributed by atoms with E-state index in [2.05, 4.69) is 5.48 Å². The van der Waals surface area contributed by atoms with E-state index in [4.69, 9.17) is 15.1 Å². The van der Waals surface area contributed by atoms with Crippen LogP contribution in [0.5, 0.6) is 0 Å². The van der Waals surface area contributed by atoms with E-state index in [1.54, 1.807) is 0 Å². The number of hydrogen-bond acceptors (Lipinski definition) is 4. The number of carboxylic acids is 2. The molecule has 0 heterocycles. The van der Waals surface area contributed by atoms with Crippen molar-refractivity contribution in [2.24, 2.45) is 0 Å². The van der Waals surface area contributed by atoms with E-state index in [1.807, 2.05) is 30.3 Å². The van der Waals surface area contributed by atoms with Crippen LogP contribution in [0.1, 0.15) is 12.0 Å². The van der Waals surface area contributed by atoms with Crippen LogP contribution in [0.3, 0.4) is 0 Å². The molecule has 0 aliphatic heterocycles. The zero-order valence-electron chi connectivity index (χ0n) is 9.00. The average Bonchev–Trinajstić information content (AvgIpc) is 2.28. The normalized spacial score (nSPS) is 12.0. The topological polar surface area (TPSA) is 95.9 Å². The van der Waals surface area contributed by atoms with Crippen LogP contribution in [0.4, 0.5) is 0 Å². The van der Waals surface area contributed by atoms with Crippen LogP contribution >= 0.6 is 0 Å². The first-order valence-electron chi connectivity index (χ1n) is 4.95. The predicted octanol–water partition coefficient (Wildman–Crippen LogP) is 0.636. The van der Waals surface area contributed by atoms with Gasteiger partial charge in [0, 0.05) is 0 Å². The molecule has 0 spiro atoms. The zero-order chi connectivity index (χ0) is 12.7. The van der Waals surface area contributed by atoms with Crippen LogP contribution in [-0.4, -0.2) is 28.2 Å². The summed E-state index contributed by atoms with van der Waals surface area (Å²) in [6, 6.07) is 7.87. The second-order valence-corrected chi connectivity index (χ2v) is 3.38. The van der Waals surface area contributed by atoms with E-state index >= 15 is 0 Å². The van der Waals surface area contributed by atoms with Gasteiger partial charge in [0.25, 0.3) is 0 Å². The first-order valence-corrected chi connectivity index (χ1v) is 4.95. The molecule has 0 saturated carbocycles. The first-order chi connectivity index (χ1) is 8.09. The summed E-state index contributed by atoms with van der Waals surface area (Å²) < 4.78 is 0. The highest BCUT2D eigenvalue weighted by Gasteiger charge is 2.20. The number of carboxylic acid groups (broad SMARTS) is 2. The third kappa shape index (κ3) is 5.10. The molecule has 17 heavy (non-hydrogen) atoms. The summed E-state index contributed by atoms with van der Waals surface area (Å²) in [5.74, 6) is -2.46. The van der Waals surface area contributed by atoms with E-state index in [-0.39, 0.29) is 6.61 Å². The quantitative estimate of drug-likeness (QED) is 0.604. The lowest BCUT2D eigenvalue weighted by molar-refractivity contribution is -0.151. The maximum absolute atomic E-state index is 10.7. The lowest BCUT2D eigenvalue weighted by atomic mass is 10.2. The van der Waals surface area contributed by atoms with E-state index < -0.39 is 24.4 Å². The molecular formula is C11H13NO5. The van der Waals surface area contributed by atoms with Gasteiger partial charge in [-0.2, -0.15) is 5.48 Å². The van der Waals surface area contributed by atoms with Crippen LogP contribution in [-0.2, 0) is 21.0 Å². The monoisotopic (exact) mass is 239 g/mol. The van der Waals surface area contributed by atoms with Gasteiger partial charge in [0.2, 0.25) is 0 Å². The Kier molecular flexibility index (Phi) is 5.12. The summed E-state index contributed by atoms with van der Waals surface area (Å²) >= 11 is 0. The molecule has 1 aromatic rings. The van der Waals surface area contributed by atoms with Gasteiger partial charge >= 0.3 is 11.9 Å². The molecule has 6 nitrogen and oxygen atoms in total. The van der Waals surface area contributed by atoms with Crippen molar-refractivity contribution < 1.29 is 24.6 Å². The largest absolute Gasteiger partial charge is 0.481 e. The van der Waals surface area contributed by atoms with Crippen LogP contribution in [0.15, 0.2) is 30.3 Å². The Morgan fingerprint density at radius 1 is 1.24 bits per heavy atom. The Morgan fingerprint density at radius 2 is 1.88 bits per heavy atom. The van der Waals surface area contributed by atoms with E-state index in [1.165, 1.54) is 0 Å². The minimum absolute atomic E-state index is 0.171. The molecule has 1 rings (SSSR count). The second-order valence-electron chi connectivity index (χ2n) is 3.38. The molecule has 0 amide bonds. The number of benzene rings is 1. The molecule has 1 atom stereocenters. The van der Waals surface area contributed by atoms with Crippen LogP contribution in [0.25, 0.3) is 0 Å². The Hall–Kier alpha value is -1.92. The van der Waals surface area contributed by atoms with Crippen molar-refractivity contribution in [2.45, 2.75) is 19.1 Å². The van der Waals surface area contributed by atoms with Crippen molar-refractivity contribution in [1.82, 2.24) is 5.48 Å². The Labute approximate surface area is 97.8 Å². The third-order valence-electron chi connectivity index (χ3n) is 1.98.